The first-order valence-corrected chi connectivity index (χ1v) is 7.27. The monoisotopic (exact) mass is 276 g/mol. The molecule has 0 spiro atoms. The van der Waals surface area contributed by atoms with E-state index in [0.717, 1.165) is 44.0 Å². The van der Waals surface area contributed by atoms with Crippen LogP contribution < -0.4 is 10.2 Å². The van der Waals surface area contributed by atoms with Gasteiger partial charge in [-0.05, 0) is 37.1 Å². The molecule has 0 saturated carbocycles. The van der Waals surface area contributed by atoms with Gasteiger partial charge in [-0.2, -0.15) is 0 Å². The lowest BCUT2D eigenvalue weighted by atomic mass is 10.2. The number of carbonyl (C=O) groups excluding carboxylic acids is 1. The molecule has 20 heavy (non-hydrogen) atoms. The van der Waals surface area contributed by atoms with Gasteiger partial charge >= 0.3 is 0 Å². The third-order valence-corrected chi connectivity index (χ3v) is 3.66. The molecule has 0 bridgehead atoms. The molecule has 0 radical (unpaired) electrons. The first-order valence-electron chi connectivity index (χ1n) is 7.27. The maximum Gasteiger partial charge on any atom is 0.241 e. The quantitative estimate of drug-likeness (QED) is 0.897. The molecule has 1 fully saturated rings. The van der Waals surface area contributed by atoms with E-state index in [1.165, 1.54) is 5.56 Å². The van der Waals surface area contributed by atoms with Crippen molar-refractivity contribution in [1.82, 2.24) is 15.2 Å². The molecular formula is C15H24N4O. The second-order valence-electron chi connectivity index (χ2n) is 5.35. The number of amides is 1. The number of pyridine rings is 1. The Bertz CT molecular complexity index is 475. The zero-order valence-electron chi connectivity index (χ0n) is 12.6. The summed E-state index contributed by atoms with van der Waals surface area (Å²) in [5.74, 6) is 1.11. The summed E-state index contributed by atoms with van der Waals surface area (Å²) in [5, 5.41) is 3.30. The van der Waals surface area contributed by atoms with Crippen LogP contribution in [-0.4, -0.2) is 49.0 Å². The van der Waals surface area contributed by atoms with Crippen molar-refractivity contribution in [2.24, 2.45) is 0 Å². The van der Waals surface area contributed by atoms with Crippen molar-refractivity contribution < 1.29 is 4.79 Å². The van der Waals surface area contributed by atoms with Crippen LogP contribution in [0.15, 0.2) is 12.3 Å². The number of nitrogens with zero attached hydrogens (tertiary/aromatic N) is 3. The Morgan fingerprint density at radius 3 is 2.90 bits per heavy atom. The number of nitrogens with one attached hydrogen (secondary N) is 1. The molecule has 2 heterocycles. The molecule has 2 rings (SSSR count). The Morgan fingerprint density at radius 1 is 1.40 bits per heavy atom. The summed E-state index contributed by atoms with van der Waals surface area (Å²) in [6.45, 7) is 8.09. The van der Waals surface area contributed by atoms with Crippen molar-refractivity contribution >= 4 is 11.7 Å². The van der Waals surface area contributed by atoms with E-state index in [1.54, 1.807) is 4.90 Å². The van der Waals surface area contributed by atoms with Crippen LogP contribution in [0.4, 0.5) is 5.82 Å². The van der Waals surface area contributed by atoms with Gasteiger partial charge in [-0.3, -0.25) is 4.79 Å². The van der Waals surface area contributed by atoms with Gasteiger partial charge in [0, 0.05) is 32.9 Å². The van der Waals surface area contributed by atoms with E-state index in [0.29, 0.717) is 6.54 Å². The minimum Gasteiger partial charge on any atom is -0.347 e. The number of anilines is 1. The van der Waals surface area contributed by atoms with Crippen molar-refractivity contribution in [2.75, 3.05) is 38.1 Å². The lowest BCUT2D eigenvalue weighted by Crippen LogP contribution is -2.35. The van der Waals surface area contributed by atoms with Gasteiger partial charge in [-0.25, -0.2) is 4.98 Å². The molecule has 0 atom stereocenters. The van der Waals surface area contributed by atoms with Gasteiger partial charge in [-0.1, -0.05) is 6.92 Å². The molecule has 1 N–H and O–H groups in total. The molecule has 0 aliphatic carbocycles. The van der Waals surface area contributed by atoms with Gasteiger partial charge in [0.05, 0.1) is 6.54 Å². The van der Waals surface area contributed by atoms with Crippen molar-refractivity contribution in [3.63, 3.8) is 0 Å². The summed E-state index contributed by atoms with van der Waals surface area (Å²) in [6.07, 6.45) is 2.90. The van der Waals surface area contributed by atoms with Crippen molar-refractivity contribution in [1.29, 1.82) is 0 Å². The van der Waals surface area contributed by atoms with Crippen LogP contribution in [0, 0.1) is 6.92 Å². The normalized spacial score (nSPS) is 16.4. The fraction of sp³-hybridized carbons (Fsp3) is 0.600. The Kier molecular flexibility index (Phi) is 4.95. The van der Waals surface area contributed by atoms with E-state index in [-0.39, 0.29) is 5.91 Å². The first-order chi connectivity index (χ1) is 9.61. The largest absolute Gasteiger partial charge is 0.347 e. The number of aryl methyl sites for hydroxylation is 1. The second kappa shape index (κ2) is 6.70. The summed E-state index contributed by atoms with van der Waals surface area (Å²) in [5.41, 5.74) is 2.32. The fourth-order valence-electron chi connectivity index (χ4n) is 2.49. The number of aromatic nitrogens is 1. The van der Waals surface area contributed by atoms with Crippen molar-refractivity contribution in [2.45, 2.75) is 26.8 Å². The van der Waals surface area contributed by atoms with E-state index in [2.05, 4.69) is 35.1 Å². The van der Waals surface area contributed by atoms with Crippen LogP contribution >= 0.6 is 0 Å². The summed E-state index contributed by atoms with van der Waals surface area (Å²) in [6, 6.07) is 2.16. The van der Waals surface area contributed by atoms with E-state index in [9.17, 15) is 4.79 Å². The molecule has 5 nitrogen and oxygen atoms in total. The molecule has 110 valence electrons. The van der Waals surface area contributed by atoms with E-state index >= 15 is 0 Å². The summed E-state index contributed by atoms with van der Waals surface area (Å²) >= 11 is 0. The van der Waals surface area contributed by atoms with Gasteiger partial charge in [0.2, 0.25) is 5.91 Å². The van der Waals surface area contributed by atoms with Crippen LogP contribution in [0.25, 0.3) is 0 Å². The fourth-order valence-corrected chi connectivity index (χ4v) is 2.49. The summed E-state index contributed by atoms with van der Waals surface area (Å²) < 4.78 is 0. The van der Waals surface area contributed by atoms with Gasteiger partial charge in [-0.15, -0.1) is 0 Å². The Labute approximate surface area is 121 Å². The third kappa shape index (κ3) is 3.48. The number of likely N-dealkylation sites (N-methyl/N-ethyl adjacent to an activating group) is 1. The van der Waals surface area contributed by atoms with Gasteiger partial charge in [0.1, 0.15) is 5.82 Å². The zero-order valence-corrected chi connectivity index (χ0v) is 12.6. The van der Waals surface area contributed by atoms with Crippen LogP contribution in [0.2, 0.25) is 0 Å². The maximum atomic E-state index is 12.0. The van der Waals surface area contributed by atoms with Gasteiger partial charge in [0.15, 0.2) is 0 Å². The molecule has 1 aliphatic heterocycles. The number of carbonyl (C=O) groups is 1. The lowest BCUT2D eigenvalue weighted by molar-refractivity contribution is -0.127. The Morgan fingerprint density at radius 2 is 2.20 bits per heavy atom. The Hall–Kier alpha value is -1.62. The lowest BCUT2D eigenvalue weighted by Gasteiger charge is -2.23. The highest BCUT2D eigenvalue weighted by atomic mass is 16.2. The molecule has 1 aliphatic rings. The molecule has 0 unspecified atom stereocenters. The zero-order chi connectivity index (χ0) is 14.5. The SMILES string of the molecule is CCNCc1cnc(N2CCCN(C)C(=O)C2)c(C)c1. The highest BCUT2D eigenvalue weighted by Gasteiger charge is 2.21. The van der Waals surface area contributed by atoms with E-state index in [1.807, 2.05) is 13.2 Å². The molecule has 1 saturated heterocycles. The molecule has 1 amide bonds. The number of hydrogen-bond donors (Lipinski definition) is 1. The number of rotatable bonds is 4. The molecule has 0 aromatic carbocycles. The minimum absolute atomic E-state index is 0.167. The molecule has 1 aromatic heterocycles. The van der Waals surface area contributed by atoms with Crippen LogP contribution in [-0.2, 0) is 11.3 Å². The van der Waals surface area contributed by atoms with Crippen LogP contribution in [0.1, 0.15) is 24.5 Å². The van der Waals surface area contributed by atoms with E-state index in [4.69, 9.17) is 0 Å². The van der Waals surface area contributed by atoms with Crippen molar-refractivity contribution in [3.05, 3.63) is 23.4 Å². The average Bonchev–Trinajstić information content (AvgIpc) is 2.59. The maximum absolute atomic E-state index is 12.0. The summed E-state index contributed by atoms with van der Waals surface area (Å²) in [4.78, 5) is 20.4. The average molecular weight is 276 g/mol. The van der Waals surface area contributed by atoms with E-state index < -0.39 is 0 Å². The van der Waals surface area contributed by atoms with Crippen LogP contribution in [0.3, 0.4) is 0 Å². The first kappa shape index (κ1) is 14.8. The predicted octanol–water partition coefficient (Wildman–Crippen LogP) is 1.17. The highest BCUT2D eigenvalue weighted by Crippen LogP contribution is 2.19. The van der Waals surface area contributed by atoms with Crippen molar-refractivity contribution in [3.8, 4) is 0 Å². The molecular weight excluding hydrogens is 252 g/mol. The topological polar surface area (TPSA) is 48.5 Å². The minimum atomic E-state index is 0.167. The highest BCUT2D eigenvalue weighted by molar-refractivity contribution is 5.81. The Balaban J connectivity index is 2.13. The molecule has 1 aromatic rings. The number of hydrogen-bond acceptors (Lipinski definition) is 4. The van der Waals surface area contributed by atoms with Gasteiger partial charge in [0.25, 0.3) is 0 Å². The predicted molar refractivity (Wildman–Crippen MR) is 80.8 cm³/mol. The third-order valence-electron chi connectivity index (χ3n) is 3.66. The standard InChI is InChI=1S/C15H24N4O/c1-4-16-9-13-8-12(2)15(17-10-13)19-7-5-6-18(3)14(20)11-19/h8,10,16H,4-7,9,11H2,1-3H3. The summed E-state index contributed by atoms with van der Waals surface area (Å²) in [7, 11) is 1.87. The van der Waals surface area contributed by atoms with Crippen LogP contribution in [0.5, 0.6) is 0 Å². The molecule has 5 heteroatoms. The second-order valence-corrected chi connectivity index (χ2v) is 5.35. The van der Waals surface area contributed by atoms with Gasteiger partial charge < -0.3 is 15.1 Å². The smallest absolute Gasteiger partial charge is 0.241 e.